The number of hydrogen-bond donors (Lipinski definition) is 1. The Kier molecular flexibility index (Phi) is 5.82. The van der Waals surface area contributed by atoms with E-state index in [-0.39, 0.29) is 24.9 Å². The summed E-state index contributed by atoms with van der Waals surface area (Å²) in [6.07, 6.45) is 7.04. The Labute approximate surface area is 78.8 Å². The number of nitrogens with zero attached hydrogens (tertiary/aromatic N) is 1. The fraction of sp³-hybridized carbons (Fsp3) is 0.600. The minimum atomic E-state index is -0.511. The van der Waals surface area contributed by atoms with Gasteiger partial charge in [-0.05, 0) is 5.92 Å². The predicted molar refractivity (Wildman–Crippen MR) is 53.0 cm³/mol. The van der Waals surface area contributed by atoms with Crippen molar-refractivity contribution in [2.45, 2.75) is 19.4 Å². The van der Waals surface area contributed by atoms with Gasteiger partial charge in [0.1, 0.15) is 6.04 Å². The van der Waals surface area contributed by atoms with Crippen LogP contribution in [0.1, 0.15) is 13.3 Å². The summed E-state index contributed by atoms with van der Waals surface area (Å²) in [4.78, 5) is 10.4. The van der Waals surface area contributed by atoms with E-state index in [2.05, 4.69) is 17.7 Å². The fourth-order valence-electron chi connectivity index (χ4n) is 1.20. The molecule has 0 saturated heterocycles. The molecule has 0 aromatic carbocycles. The third-order valence-electron chi connectivity index (χ3n) is 2.21. The van der Waals surface area contributed by atoms with E-state index < -0.39 is 6.04 Å². The predicted octanol–water partition coefficient (Wildman–Crippen LogP) is 1.58. The van der Waals surface area contributed by atoms with Crippen LogP contribution in [0.4, 0.5) is 0 Å². The van der Waals surface area contributed by atoms with Crippen molar-refractivity contribution in [2.75, 3.05) is 6.61 Å². The molecule has 0 radical (unpaired) electrons. The van der Waals surface area contributed by atoms with Gasteiger partial charge in [-0.25, -0.2) is 0 Å². The van der Waals surface area contributed by atoms with Crippen molar-refractivity contribution in [3.05, 3.63) is 17.6 Å². The lowest BCUT2D eigenvalue weighted by Crippen LogP contribution is -2.27. The Balaban J connectivity index is 4.42. The Morgan fingerprint density at radius 2 is 2.38 bits per heavy atom. The highest BCUT2D eigenvalue weighted by atomic mass is 16.3. The molecule has 72 valence electrons. The Morgan fingerprint density at radius 3 is 2.69 bits per heavy atom. The molecule has 0 unspecified atom stereocenters. The van der Waals surface area contributed by atoms with E-state index in [9.17, 15) is 4.91 Å². The van der Waals surface area contributed by atoms with Crippen LogP contribution >= 0.6 is 0 Å². The summed E-state index contributed by atoms with van der Waals surface area (Å²) in [5.74, 6) is 2.20. The molecule has 0 bridgehead atoms. The number of allylic oxidation sites excluding steroid dienone is 1. The second kappa shape index (κ2) is 6.38. The normalized spacial score (nSPS) is 16.7. The van der Waals surface area contributed by atoms with Gasteiger partial charge in [-0.15, -0.1) is 18.9 Å². The zero-order chi connectivity index (χ0) is 10.3. The van der Waals surface area contributed by atoms with Gasteiger partial charge in [0, 0.05) is 18.9 Å². The van der Waals surface area contributed by atoms with Gasteiger partial charge in [-0.1, -0.05) is 18.2 Å². The Morgan fingerprint density at radius 1 is 1.77 bits per heavy atom. The van der Waals surface area contributed by atoms with Crippen LogP contribution in [-0.4, -0.2) is 17.8 Å². The molecule has 13 heavy (non-hydrogen) atoms. The molecule has 0 aromatic rings. The molecule has 0 aliphatic heterocycles. The van der Waals surface area contributed by atoms with Crippen LogP contribution < -0.4 is 0 Å². The molecular weight excluding hydrogens is 166 g/mol. The first-order chi connectivity index (χ1) is 6.21. The van der Waals surface area contributed by atoms with Crippen LogP contribution in [0, 0.1) is 29.1 Å². The maximum absolute atomic E-state index is 10.4. The van der Waals surface area contributed by atoms with E-state index in [1.807, 2.05) is 6.92 Å². The number of aliphatic hydroxyl groups excluding tert-OH is 1. The van der Waals surface area contributed by atoms with Gasteiger partial charge in [0.05, 0.1) is 0 Å². The highest BCUT2D eigenvalue weighted by Crippen LogP contribution is 2.20. The quantitative estimate of drug-likeness (QED) is 0.384. The number of rotatable bonds is 6. The number of aliphatic hydroxyl groups is 1. The van der Waals surface area contributed by atoms with E-state index in [0.717, 1.165) is 0 Å². The monoisotopic (exact) mass is 181 g/mol. The molecule has 0 saturated carbocycles. The number of terminal acetylenes is 1. The standard InChI is InChI=1S/C10H15NO2/c1-4-6-10(11-13)9(7-12)8(3)5-2/h1,5,8-10,12H,2,6-7H2,3H3/t8-,9-,10-/m1/s1. The second-order valence-corrected chi connectivity index (χ2v) is 3.02. The molecule has 0 aliphatic rings. The van der Waals surface area contributed by atoms with Crippen LogP contribution in [0.25, 0.3) is 0 Å². The summed E-state index contributed by atoms with van der Waals surface area (Å²) in [5.41, 5.74) is 0. The summed E-state index contributed by atoms with van der Waals surface area (Å²) < 4.78 is 0. The molecule has 0 aliphatic carbocycles. The van der Waals surface area contributed by atoms with Gasteiger partial charge in [-0.3, -0.25) is 0 Å². The summed E-state index contributed by atoms with van der Waals surface area (Å²) >= 11 is 0. The molecule has 3 atom stereocenters. The number of nitroso groups, excluding NO2 is 1. The van der Waals surface area contributed by atoms with Gasteiger partial charge >= 0.3 is 0 Å². The first-order valence-corrected chi connectivity index (χ1v) is 4.20. The van der Waals surface area contributed by atoms with Crippen molar-refractivity contribution in [3.8, 4) is 12.3 Å². The molecule has 3 heteroatoms. The zero-order valence-electron chi connectivity index (χ0n) is 7.81. The molecular formula is C10H15NO2. The van der Waals surface area contributed by atoms with Crippen LogP contribution in [-0.2, 0) is 0 Å². The molecule has 1 N–H and O–H groups in total. The lowest BCUT2D eigenvalue weighted by atomic mass is 9.87. The van der Waals surface area contributed by atoms with Crippen molar-refractivity contribution in [1.82, 2.24) is 0 Å². The van der Waals surface area contributed by atoms with Gasteiger partial charge in [0.2, 0.25) is 0 Å². The summed E-state index contributed by atoms with van der Waals surface area (Å²) in [7, 11) is 0. The zero-order valence-corrected chi connectivity index (χ0v) is 7.81. The summed E-state index contributed by atoms with van der Waals surface area (Å²) in [5, 5.41) is 12.0. The second-order valence-electron chi connectivity index (χ2n) is 3.02. The average Bonchev–Trinajstić information content (AvgIpc) is 2.17. The van der Waals surface area contributed by atoms with Crippen LogP contribution in [0.3, 0.4) is 0 Å². The molecule has 0 amide bonds. The van der Waals surface area contributed by atoms with Crippen molar-refractivity contribution < 1.29 is 5.11 Å². The van der Waals surface area contributed by atoms with Crippen molar-refractivity contribution in [1.29, 1.82) is 0 Å². The highest BCUT2D eigenvalue weighted by molar-refractivity contribution is 4.96. The minimum absolute atomic E-state index is 0.0426. The van der Waals surface area contributed by atoms with Crippen molar-refractivity contribution >= 4 is 0 Å². The topological polar surface area (TPSA) is 49.7 Å². The lowest BCUT2D eigenvalue weighted by molar-refractivity contribution is 0.177. The van der Waals surface area contributed by atoms with Crippen LogP contribution in [0.2, 0.25) is 0 Å². The summed E-state index contributed by atoms with van der Waals surface area (Å²) in [6, 6.07) is -0.511. The molecule has 0 aromatic heterocycles. The first-order valence-electron chi connectivity index (χ1n) is 4.20. The maximum atomic E-state index is 10.4. The molecule has 3 nitrogen and oxygen atoms in total. The molecule has 0 rings (SSSR count). The molecule has 0 fully saturated rings. The maximum Gasteiger partial charge on any atom is 0.108 e. The Bertz CT molecular complexity index is 207. The smallest absolute Gasteiger partial charge is 0.108 e. The van der Waals surface area contributed by atoms with Gasteiger partial charge in [0.15, 0.2) is 0 Å². The van der Waals surface area contributed by atoms with E-state index in [1.54, 1.807) is 6.08 Å². The highest BCUT2D eigenvalue weighted by Gasteiger charge is 2.24. The minimum Gasteiger partial charge on any atom is -0.396 e. The SMILES string of the molecule is C#CC[C@@H](N=O)[C@H](CO)[C@H](C)C=C. The third-order valence-corrected chi connectivity index (χ3v) is 2.21. The van der Waals surface area contributed by atoms with Crippen molar-refractivity contribution in [3.63, 3.8) is 0 Å². The lowest BCUT2D eigenvalue weighted by Gasteiger charge is -2.21. The van der Waals surface area contributed by atoms with Crippen LogP contribution in [0.5, 0.6) is 0 Å². The van der Waals surface area contributed by atoms with E-state index in [4.69, 9.17) is 11.5 Å². The first kappa shape index (κ1) is 11.9. The van der Waals surface area contributed by atoms with E-state index >= 15 is 0 Å². The number of hydrogen-bond acceptors (Lipinski definition) is 3. The van der Waals surface area contributed by atoms with Gasteiger partial charge in [-0.2, -0.15) is 4.91 Å². The fourth-order valence-corrected chi connectivity index (χ4v) is 1.20. The molecule has 0 heterocycles. The molecule has 0 spiro atoms. The van der Waals surface area contributed by atoms with Gasteiger partial charge in [0.25, 0.3) is 0 Å². The average molecular weight is 181 g/mol. The van der Waals surface area contributed by atoms with E-state index in [1.165, 1.54) is 0 Å². The van der Waals surface area contributed by atoms with Crippen LogP contribution in [0.15, 0.2) is 17.8 Å². The van der Waals surface area contributed by atoms with E-state index in [0.29, 0.717) is 0 Å². The van der Waals surface area contributed by atoms with Crippen molar-refractivity contribution in [2.24, 2.45) is 17.0 Å². The largest absolute Gasteiger partial charge is 0.396 e. The summed E-state index contributed by atoms with van der Waals surface area (Å²) in [6.45, 7) is 5.39. The third kappa shape index (κ3) is 3.39. The van der Waals surface area contributed by atoms with Gasteiger partial charge < -0.3 is 5.11 Å². The Hall–Kier alpha value is -1.14.